The zero-order valence-corrected chi connectivity index (χ0v) is 14.6. The summed E-state index contributed by atoms with van der Waals surface area (Å²) in [6, 6.07) is 5.32. The summed E-state index contributed by atoms with van der Waals surface area (Å²) < 4.78 is 22.7. The van der Waals surface area contributed by atoms with Gasteiger partial charge in [-0.3, -0.25) is 0 Å². The number of benzene rings is 1. The van der Waals surface area contributed by atoms with Crippen LogP contribution in [0, 0.1) is 5.82 Å². The number of carbonyl (C=O) groups is 2. The number of aliphatic hydroxyl groups excluding tert-OH is 1. The van der Waals surface area contributed by atoms with Crippen molar-refractivity contribution in [2.45, 2.75) is 39.7 Å². The van der Waals surface area contributed by atoms with Crippen molar-refractivity contribution in [2.24, 2.45) is 10.2 Å². The molecule has 0 aromatic heterocycles. The summed E-state index contributed by atoms with van der Waals surface area (Å²) in [5, 5.41) is 16.9. The van der Waals surface area contributed by atoms with Crippen LogP contribution in [0.25, 0.3) is 0 Å². The fourth-order valence-electron chi connectivity index (χ4n) is 1.67. The Morgan fingerprint density at radius 1 is 1.16 bits per heavy atom. The van der Waals surface area contributed by atoms with Crippen LogP contribution in [0.15, 0.2) is 46.0 Å². The van der Waals surface area contributed by atoms with Crippen LogP contribution in [0.5, 0.6) is 0 Å². The van der Waals surface area contributed by atoms with Crippen molar-refractivity contribution in [2.75, 3.05) is 6.61 Å². The summed E-state index contributed by atoms with van der Waals surface area (Å²) in [5.74, 6) is -1.82. The maximum Gasteiger partial charge on any atom is 0.452 e. The van der Waals surface area contributed by atoms with E-state index in [1.165, 1.54) is 24.3 Å². The Morgan fingerprint density at radius 3 is 2.28 bits per heavy atom. The number of rotatable bonds is 5. The quantitative estimate of drug-likeness (QED) is 0.372. The molecule has 0 heterocycles. The van der Waals surface area contributed by atoms with Gasteiger partial charge in [-0.05, 0) is 45.4 Å². The van der Waals surface area contributed by atoms with E-state index in [9.17, 15) is 19.1 Å². The third kappa shape index (κ3) is 7.56. The Morgan fingerprint density at radius 2 is 1.76 bits per heavy atom. The molecule has 7 nitrogen and oxygen atoms in total. The lowest BCUT2D eigenvalue weighted by molar-refractivity contribution is -0.138. The van der Waals surface area contributed by atoms with Gasteiger partial charge < -0.3 is 14.6 Å². The first-order valence-electron chi connectivity index (χ1n) is 7.60. The molecule has 0 aliphatic rings. The highest BCUT2D eigenvalue weighted by Crippen LogP contribution is 2.15. The number of azo groups is 1. The van der Waals surface area contributed by atoms with Crippen molar-refractivity contribution in [3.05, 3.63) is 47.1 Å². The minimum atomic E-state index is -1.01. The fraction of sp³-hybridized carbons (Fsp3) is 0.412. The Hall–Kier alpha value is -2.77. The number of halogens is 1. The summed E-state index contributed by atoms with van der Waals surface area (Å²) in [4.78, 5) is 23.5. The largest absolute Gasteiger partial charge is 0.509 e. The van der Waals surface area contributed by atoms with Crippen LogP contribution in [-0.2, 0) is 20.7 Å². The number of nitrogens with zero attached hydrogens (tertiary/aromatic N) is 2. The Labute approximate surface area is 145 Å². The van der Waals surface area contributed by atoms with Crippen molar-refractivity contribution in [3.63, 3.8) is 0 Å². The van der Waals surface area contributed by atoms with Gasteiger partial charge in [0, 0.05) is 6.42 Å². The second kappa shape index (κ2) is 8.91. The number of allylic oxidation sites excluding steroid dienone is 1. The second-order valence-corrected chi connectivity index (χ2v) is 6.00. The van der Waals surface area contributed by atoms with Crippen molar-refractivity contribution >= 4 is 12.1 Å². The fourth-order valence-corrected chi connectivity index (χ4v) is 1.67. The van der Waals surface area contributed by atoms with E-state index in [1.807, 2.05) is 0 Å². The molecule has 0 aliphatic carbocycles. The highest BCUT2D eigenvalue weighted by Gasteiger charge is 2.20. The lowest BCUT2D eigenvalue weighted by Gasteiger charge is -2.16. The third-order valence-corrected chi connectivity index (χ3v) is 2.65. The van der Waals surface area contributed by atoms with E-state index >= 15 is 0 Å². The van der Waals surface area contributed by atoms with E-state index in [2.05, 4.69) is 10.2 Å². The van der Waals surface area contributed by atoms with Crippen molar-refractivity contribution in [3.8, 4) is 0 Å². The maximum absolute atomic E-state index is 12.9. The number of amides is 1. The molecule has 0 fully saturated rings. The molecule has 0 saturated heterocycles. The second-order valence-electron chi connectivity index (χ2n) is 6.00. The summed E-state index contributed by atoms with van der Waals surface area (Å²) in [5.41, 5.74) is -0.759. The summed E-state index contributed by atoms with van der Waals surface area (Å²) in [6.07, 6.45) is -1.12. The Kier molecular flexibility index (Phi) is 7.22. The first-order valence-corrected chi connectivity index (χ1v) is 7.60. The molecule has 1 amide bonds. The molecule has 1 rings (SSSR count). The molecular weight excluding hydrogens is 331 g/mol. The van der Waals surface area contributed by atoms with Crippen LogP contribution in [0.1, 0.15) is 33.3 Å². The van der Waals surface area contributed by atoms with Crippen LogP contribution in [0.2, 0.25) is 0 Å². The van der Waals surface area contributed by atoms with Gasteiger partial charge in [-0.25, -0.2) is 14.0 Å². The molecule has 136 valence electrons. The molecule has 0 unspecified atom stereocenters. The maximum atomic E-state index is 12.9. The minimum absolute atomic E-state index is 0.0497. The number of aliphatic hydroxyl groups is 1. The summed E-state index contributed by atoms with van der Waals surface area (Å²) in [7, 11) is 0. The Bertz CT molecular complexity index is 675. The highest BCUT2D eigenvalue weighted by atomic mass is 19.1. The van der Waals surface area contributed by atoms with Gasteiger partial charge in [0.2, 0.25) is 5.70 Å². The molecule has 0 bridgehead atoms. The lowest BCUT2D eigenvalue weighted by atomic mass is 10.1. The standard InChI is InChI=1S/C17H21FN2O5/c1-5-24-15(22)14(19-20-16(23)25-17(2,3)4)13(21)10-11-6-8-12(18)9-7-11/h6-9,21H,5,10H2,1-4H3/b14-13+,20-19?. The summed E-state index contributed by atoms with van der Waals surface area (Å²) in [6.45, 7) is 6.57. The number of carbonyl (C=O) groups excluding carboxylic acids is 2. The van der Waals surface area contributed by atoms with Gasteiger partial charge in [0.25, 0.3) is 0 Å². The van der Waals surface area contributed by atoms with Crippen LogP contribution in [0.3, 0.4) is 0 Å². The normalized spacial score (nSPS) is 12.7. The lowest BCUT2D eigenvalue weighted by Crippen LogP contribution is -2.21. The number of hydrogen-bond acceptors (Lipinski definition) is 6. The third-order valence-electron chi connectivity index (χ3n) is 2.65. The van der Waals surface area contributed by atoms with E-state index in [0.717, 1.165) is 0 Å². The van der Waals surface area contributed by atoms with Crippen LogP contribution >= 0.6 is 0 Å². The van der Waals surface area contributed by atoms with Crippen molar-refractivity contribution in [1.82, 2.24) is 0 Å². The summed E-state index contributed by atoms with van der Waals surface area (Å²) >= 11 is 0. The molecule has 0 aliphatic heterocycles. The molecule has 0 saturated carbocycles. The van der Waals surface area contributed by atoms with Crippen molar-refractivity contribution < 1.29 is 28.6 Å². The molecule has 0 atom stereocenters. The average Bonchev–Trinajstić information content (AvgIpc) is 2.48. The molecular formula is C17H21FN2O5. The molecule has 25 heavy (non-hydrogen) atoms. The number of esters is 1. The number of hydrogen-bond donors (Lipinski definition) is 1. The SMILES string of the molecule is CCOC(=O)/C(N=NC(=O)OC(C)(C)C)=C(\O)Cc1ccc(F)cc1. The zero-order chi connectivity index (χ0) is 19.0. The first-order chi connectivity index (χ1) is 11.6. The van der Waals surface area contributed by atoms with E-state index in [4.69, 9.17) is 9.47 Å². The van der Waals surface area contributed by atoms with E-state index in [0.29, 0.717) is 5.56 Å². The van der Waals surface area contributed by atoms with Crippen LogP contribution in [-0.4, -0.2) is 29.4 Å². The van der Waals surface area contributed by atoms with Crippen molar-refractivity contribution in [1.29, 1.82) is 0 Å². The van der Waals surface area contributed by atoms with Crippen LogP contribution in [0.4, 0.5) is 9.18 Å². The van der Waals surface area contributed by atoms with Gasteiger partial charge in [-0.1, -0.05) is 17.2 Å². The number of ether oxygens (including phenoxy) is 2. The predicted octanol–water partition coefficient (Wildman–Crippen LogP) is 4.09. The van der Waals surface area contributed by atoms with Gasteiger partial charge in [0.05, 0.1) is 6.61 Å². The molecule has 8 heteroatoms. The molecule has 1 N–H and O–H groups in total. The highest BCUT2D eigenvalue weighted by molar-refractivity contribution is 5.88. The monoisotopic (exact) mass is 352 g/mol. The van der Waals surface area contributed by atoms with Gasteiger partial charge in [0.15, 0.2) is 0 Å². The van der Waals surface area contributed by atoms with E-state index in [1.54, 1.807) is 27.7 Å². The molecule has 1 aromatic rings. The van der Waals surface area contributed by atoms with Gasteiger partial charge in [-0.2, -0.15) is 0 Å². The topological polar surface area (TPSA) is 97.6 Å². The predicted molar refractivity (Wildman–Crippen MR) is 87.5 cm³/mol. The Balaban J connectivity index is 3.03. The molecule has 0 radical (unpaired) electrons. The van der Waals surface area contributed by atoms with E-state index in [-0.39, 0.29) is 13.0 Å². The van der Waals surface area contributed by atoms with Gasteiger partial charge in [-0.15, -0.1) is 5.11 Å². The van der Waals surface area contributed by atoms with E-state index < -0.39 is 34.9 Å². The molecule has 1 aromatic carbocycles. The first kappa shape index (κ1) is 20.3. The zero-order valence-electron chi connectivity index (χ0n) is 14.6. The van der Waals surface area contributed by atoms with Crippen LogP contribution < -0.4 is 0 Å². The average molecular weight is 352 g/mol. The smallest absolute Gasteiger partial charge is 0.452 e. The minimum Gasteiger partial charge on any atom is -0.509 e. The van der Waals surface area contributed by atoms with Gasteiger partial charge in [0.1, 0.15) is 17.2 Å². The van der Waals surface area contributed by atoms with Gasteiger partial charge >= 0.3 is 12.1 Å². The molecule has 0 spiro atoms.